The predicted octanol–water partition coefficient (Wildman–Crippen LogP) is 0.891. The third-order valence-electron chi connectivity index (χ3n) is 4.40. The summed E-state index contributed by atoms with van der Waals surface area (Å²) in [7, 11) is 0. The number of amides is 2. The predicted molar refractivity (Wildman–Crippen MR) is 87.1 cm³/mol. The minimum Gasteiger partial charge on any atom is -0.364 e. The highest BCUT2D eigenvalue weighted by Crippen LogP contribution is 2.26. The number of likely N-dealkylation sites (tertiary alicyclic amines) is 1. The Hall–Kier alpha value is -2.64. The number of carbonyl (C=O) groups is 2. The molecule has 0 saturated carbocycles. The maximum atomic E-state index is 12.4. The maximum Gasteiger partial charge on any atom is 0.269 e. The number of aryl methyl sites for hydroxylation is 1. The average molecular weight is 330 g/mol. The van der Waals surface area contributed by atoms with E-state index in [1.165, 1.54) is 0 Å². The molecular formula is C16H22N6O2. The highest BCUT2D eigenvalue weighted by Gasteiger charge is 2.26. The van der Waals surface area contributed by atoms with E-state index in [4.69, 9.17) is 5.73 Å². The van der Waals surface area contributed by atoms with Crippen LogP contribution in [0.4, 0.5) is 0 Å². The molecule has 0 aromatic carbocycles. The van der Waals surface area contributed by atoms with Crippen molar-refractivity contribution in [2.45, 2.75) is 38.1 Å². The van der Waals surface area contributed by atoms with Crippen molar-refractivity contribution in [3.8, 4) is 0 Å². The molecule has 1 aliphatic rings. The molecule has 1 atom stereocenters. The van der Waals surface area contributed by atoms with Crippen molar-refractivity contribution in [2.75, 3.05) is 13.1 Å². The van der Waals surface area contributed by atoms with Crippen LogP contribution < -0.4 is 5.73 Å². The standard InChI is InChI=1S/C16H22N6O2/c17-16(24)14-10-13(19-20-14)12-4-1-7-21(11-12)15(23)5-2-8-22-9-3-6-18-22/h3,6,9-10,12H,1-2,4-5,7-8,11H2,(H2,17,24)(H,19,20)/t12-/m0/s1. The molecule has 0 spiro atoms. The van der Waals surface area contributed by atoms with E-state index >= 15 is 0 Å². The zero-order chi connectivity index (χ0) is 16.9. The first kappa shape index (κ1) is 16.2. The van der Waals surface area contributed by atoms with Gasteiger partial charge in [0.15, 0.2) is 0 Å². The van der Waals surface area contributed by atoms with Gasteiger partial charge in [0.2, 0.25) is 5.91 Å². The van der Waals surface area contributed by atoms with Crippen LogP contribution in [-0.2, 0) is 11.3 Å². The molecule has 3 heterocycles. The largest absolute Gasteiger partial charge is 0.364 e. The van der Waals surface area contributed by atoms with E-state index in [1.807, 2.05) is 21.8 Å². The van der Waals surface area contributed by atoms with Crippen LogP contribution >= 0.6 is 0 Å². The van der Waals surface area contributed by atoms with Crippen LogP contribution in [-0.4, -0.2) is 49.8 Å². The number of rotatable bonds is 6. The number of piperidine rings is 1. The number of primary amides is 1. The number of aromatic nitrogens is 4. The second kappa shape index (κ2) is 7.29. The molecule has 0 unspecified atom stereocenters. The van der Waals surface area contributed by atoms with Crippen molar-refractivity contribution in [3.05, 3.63) is 35.9 Å². The number of hydrogen-bond donors (Lipinski definition) is 2. The van der Waals surface area contributed by atoms with Crippen LogP contribution in [0.1, 0.15) is 47.8 Å². The Morgan fingerprint density at radius 1 is 1.42 bits per heavy atom. The minimum atomic E-state index is -0.542. The van der Waals surface area contributed by atoms with Gasteiger partial charge in [0, 0.05) is 50.1 Å². The average Bonchev–Trinajstić information content (AvgIpc) is 3.26. The highest BCUT2D eigenvalue weighted by atomic mass is 16.2. The van der Waals surface area contributed by atoms with Crippen molar-refractivity contribution in [1.29, 1.82) is 0 Å². The molecule has 2 aromatic rings. The summed E-state index contributed by atoms with van der Waals surface area (Å²) in [5, 5.41) is 10.9. The van der Waals surface area contributed by atoms with E-state index < -0.39 is 5.91 Å². The van der Waals surface area contributed by atoms with Crippen LogP contribution in [0.15, 0.2) is 24.5 Å². The quantitative estimate of drug-likeness (QED) is 0.819. The topological polar surface area (TPSA) is 110 Å². The van der Waals surface area contributed by atoms with Crippen molar-refractivity contribution in [3.63, 3.8) is 0 Å². The van der Waals surface area contributed by atoms with E-state index in [0.717, 1.165) is 38.0 Å². The summed E-state index contributed by atoms with van der Waals surface area (Å²) in [6.45, 7) is 2.19. The van der Waals surface area contributed by atoms with Gasteiger partial charge in [0.25, 0.3) is 5.91 Å². The zero-order valence-electron chi connectivity index (χ0n) is 13.5. The molecule has 3 rings (SSSR count). The molecular weight excluding hydrogens is 308 g/mol. The van der Waals surface area contributed by atoms with Gasteiger partial charge in [-0.2, -0.15) is 10.2 Å². The monoisotopic (exact) mass is 330 g/mol. The zero-order valence-corrected chi connectivity index (χ0v) is 13.5. The van der Waals surface area contributed by atoms with Crippen molar-refractivity contribution < 1.29 is 9.59 Å². The molecule has 8 nitrogen and oxygen atoms in total. The number of nitrogens with one attached hydrogen (secondary N) is 1. The fraction of sp³-hybridized carbons (Fsp3) is 0.500. The summed E-state index contributed by atoms with van der Waals surface area (Å²) in [6.07, 6.45) is 6.84. The molecule has 0 radical (unpaired) electrons. The van der Waals surface area contributed by atoms with Crippen LogP contribution in [0.5, 0.6) is 0 Å². The molecule has 2 aromatic heterocycles. The van der Waals surface area contributed by atoms with Gasteiger partial charge in [-0.25, -0.2) is 0 Å². The summed E-state index contributed by atoms with van der Waals surface area (Å²) in [4.78, 5) is 25.5. The SMILES string of the molecule is NC(=O)c1cc([C@H]2CCCN(C(=O)CCCn3cccn3)C2)[nH]n1. The summed E-state index contributed by atoms with van der Waals surface area (Å²) in [6, 6.07) is 3.57. The molecule has 1 aliphatic heterocycles. The van der Waals surface area contributed by atoms with Gasteiger partial charge in [-0.05, 0) is 31.4 Å². The number of nitrogens with zero attached hydrogens (tertiary/aromatic N) is 4. The first-order valence-electron chi connectivity index (χ1n) is 8.24. The molecule has 8 heteroatoms. The van der Waals surface area contributed by atoms with Crippen molar-refractivity contribution in [1.82, 2.24) is 24.9 Å². The number of hydrogen-bond acceptors (Lipinski definition) is 4. The van der Waals surface area contributed by atoms with Gasteiger partial charge < -0.3 is 10.6 Å². The third kappa shape index (κ3) is 3.81. The second-order valence-electron chi connectivity index (χ2n) is 6.12. The first-order chi connectivity index (χ1) is 11.6. The lowest BCUT2D eigenvalue weighted by Gasteiger charge is -2.32. The minimum absolute atomic E-state index is 0.168. The van der Waals surface area contributed by atoms with Crippen LogP contribution in [0.25, 0.3) is 0 Å². The lowest BCUT2D eigenvalue weighted by atomic mass is 9.94. The molecule has 1 fully saturated rings. The fourth-order valence-electron chi connectivity index (χ4n) is 3.11. The summed E-state index contributed by atoms with van der Waals surface area (Å²) in [5.41, 5.74) is 6.35. The number of nitrogens with two attached hydrogens (primary N) is 1. The Balaban J connectivity index is 1.52. The Labute approximate surface area is 140 Å². The van der Waals surface area contributed by atoms with E-state index in [2.05, 4.69) is 15.3 Å². The van der Waals surface area contributed by atoms with Crippen LogP contribution in [0, 0.1) is 0 Å². The van der Waals surface area contributed by atoms with Gasteiger partial charge in [-0.1, -0.05) is 0 Å². The Morgan fingerprint density at radius 2 is 2.29 bits per heavy atom. The lowest BCUT2D eigenvalue weighted by Crippen LogP contribution is -2.39. The first-order valence-corrected chi connectivity index (χ1v) is 8.24. The van der Waals surface area contributed by atoms with Crippen molar-refractivity contribution in [2.24, 2.45) is 5.73 Å². The van der Waals surface area contributed by atoms with Gasteiger partial charge in [-0.15, -0.1) is 0 Å². The number of H-pyrrole nitrogens is 1. The summed E-state index contributed by atoms with van der Waals surface area (Å²) >= 11 is 0. The van der Waals surface area contributed by atoms with Gasteiger partial charge in [0.05, 0.1) is 0 Å². The molecule has 3 N–H and O–H groups in total. The third-order valence-corrected chi connectivity index (χ3v) is 4.40. The Morgan fingerprint density at radius 3 is 3.00 bits per heavy atom. The molecule has 0 bridgehead atoms. The molecule has 24 heavy (non-hydrogen) atoms. The van der Waals surface area contributed by atoms with Gasteiger partial charge in [-0.3, -0.25) is 19.4 Å². The number of carbonyl (C=O) groups excluding carboxylic acids is 2. The van der Waals surface area contributed by atoms with Gasteiger partial charge in [0.1, 0.15) is 5.69 Å². The normalized spacial score (nSPS) is 17.8. The highest BCUT2D eigenvalue weighted by molar-refractivity contribution is 5.90. The smallest absolute Gasteiger partial charge is 0.269 e. The lowest BCUT2D eigenvalue weighted by molar-refractivity contribution is -0.132. The summed E-state index contributed by atoms with van der Waals surface area (Å²) < 4.78 is 1.84. The van der Waals surface area contributed by atoms with Gasteiger partial charge >= 0.3 is 0 Å². The van der Waals surface area contributed by atoms with E-state index in [9.17, 15) is 9.59 Å². The second-order valence-corrected chi connectivity index (χ2v) is 6.12. The van der Waals surface area contributed by atoms with Crippen molar-refractivity contribution >= 4 is 11.8 Å². The van der Waals surface area contributed by atoms with E-state index in [1.54, 1.807) is 12.3 Å². The van der Waals surface area contributed by atoms with Crippen LogP contribution in [0.2, 0.25) is 0 Å². The Bertz CT molecular complexity index is 693. The van der Waals surface area contributed by atoms with E-state index in [0.29, 0.717) is 13.0 Å². The van der Waals surface area contributed by atoms with E-state index in [-0.39, 0.29) is 17.5 Å². The molecule has 2 amide bonds. The van der Waals surface area contributed by atoms with Crippen LogP contribution in [0.3, 0.4) is 0 Å². The fourth-order valence-corrected chi connectivity index (χ4v) is 3.11. The molecule has 128 valence electrons. The molecule has 1 saturated heterocycles. The molecule has 0 aliphatic carbocycles. The summed E-state index contributed by atoms with van der Waals surface area (Å²) in [5.74, 6) is -0.198. The number of aromatic amines is 1. The maximum absolute atomic E-state index is 12.4. The Kier molecular flexibility index (Phi) is 4.93.